The van der Waals surface area contributed by atoms with Gasteiger partial charge in [0.25, 0.3) is 0 Å². The standard InChI is InChI=1S/C21H17N3O2S/c1-2-26-21(25)16-8-10-18(11-9-16)23-13-17(12-22)20-24-19(14-27-20)15-6-4-3-5-7-15/h3-11,13-14,23H,2H2,1H3/b17-13-. The molecule has 5 nitrogen and oxygen atoms in total. The van der Waals surface area contributed by atoms with Gasteiger partial charge in [-0.3, -0.25) is 0 Å². The summed E-state index contributed by atoms with van der Waals surface area (Å²) < 4.78 is 4.96. The zero-order chi connectivity index (χ0) is 19.1. The molecule has 3 aromatic rings. The Morgan fingerprint density at radius 2 is 1.96 bits per heavy atom. The van der Waals surface area contributed by atoms with E-state index in [9.17, 15) is 10.1 Å². The third-order valence-electron chi connectivity index (χ3n) is 3.70. The van der Waals surface area contributed by atoms with Crippen molar-refractivity contribution in [2.75, 3.05) is 11.9 Å². The van der Waals surface area contributed by atoms with Gasteiger partial charge in [-0.25, -0.2) is 9.78 Å². The van der Waals surface area contributed by atoms with Gasteiger partial charge in [0.2, 0.25) is 0 Å². The molecule has 3 rings (SSSR count). The van der Waals surface area contributed by atoms with Crippen molar-refractivity contribution in [3.63, 3.8) is 0 Å². The second kappa shape index (κ2) is 8.79. The Labute approximate surface area is 161 Å². The lowest BCUT2D eigenvalue weighted by Gasteiger charge is -2.04. The van der Waals surface area contributed by atoms with Crippen molar-refractivity contribution in [2.24, 2.45) is 0 Å². The second-order valence-corrected chi connectivity index (χ2v) is 6.37. The molecular weight excluding hydrogens is 358 g/mol. The zero-order valence-corrected chi connectivity index (χ0v) is 15.5. The smallest absolute Gasteiger partial charge is 0.338 e. The van der Waals surface area contributed by atoms with Crippen molar-refractivity contribution in [1.82, 2.24) is 4.98 Å². The van der Waals surface area contributed by atoms with E-state index in [1.807, 2.05) is 35.7 Å². The Bertz CT molecular complexity index is 986. The molecule has 0 radical (unpaired) electrons. The molecule has 1 heterocycles. The van der Waals surface area contributed by atoms with Crippen LogP contribution < -0.4 is 5.32 Å². The van der Waals surface area contributed by atoms with E-state index in [1.165, 1.54) is 11.3 Å². The highest BCUT2D eigenvalue weighted by Crippen LogP contribution is 2.26. The molecule has 1 aromatic heterocycles. The summed E-state index contributed by atoms with van der Waals surface area (Å²) in [5, 5.41) is 15.1. The van der Waals surface area contributed by atoms with Crippen LogP contribution in [0, 0.1) is 11.3 Å². The number of nitriles is 1. The Morgan fingerprint density at radius 3 is 2.63 bits per heavy atom. The van der Waals surface area contributed by atoms with Crippen LogP contribution in [0.2, 0.25) is 0 Å². The first kappa shape index (κ1) is 18.4. The number of thiazole rings is 1. The van der Waals surface area contributed by atoms with Crippen molar-refractivity contribution in [3.8, 4) is 17.3 Å². The van der Waals surface area contributed by atoms with Crippen LogP contribution in [0.5, 0.6) is 0 Å². The molecule has 2 aromatic carbocycles. The first-order chi connectivity index (χ1) is 13.2. The van der Waals surface area contributed by atoms with Gasteiger partial charge in [-0.15, -0.1) is 11.3 Å². The van der Waals surface area contributed by atoms with E-state index in [4.69, 9.17) is 4.74 Å². The second-order valence-electron chi connectivity index (χ2n) is 5.52. The van der Waals surface area contributed by atoms with E-state index < -0.39 is 0 Å². The van der Waals surface area contributed by atoms with E-state index in [2.05, 4.69) is 16.4 Å². The molecule has 0 saturated carbocycles. The van der Waals surface area contributed by atoms with Gasteiger partial charge in [-0.2, -0.15) is 5.26 Å². The highest BCUT2D eigenvalue weighted by molar-refractivity contribution is 7.11. The van der Waals surface area contributed by atoms with Crippen molar-refractivity contribution >= 4 is 28.6 Å². The number of anilines is 1. The number of hydrogen-bond acceptors (Lipinski definition) is 6. The van der Waals surface area contributed by atoms with Gasteiger partial charge in [-0.05, 0) is 31.2 Å². The van der Waals surface area contributed by atoms with Gasteiger partial charge in [0.1, 0.15) is 16.6 Å². The monoisotopic (exact) mass is 375 g/mol. The summed E-state index contributed by atoms with van der Waals surface area (Å²) >= 11 is 1.42. The largest absolute Gasteiger partial charge is 0.462 e. The third-order valence-corrected chi connectivity index (χ3v) is 4.58. The Balaban J connectivity index is 1.73. The maximum Gasteiger partial charge on any atom is 0.338 e. The number of carbonyl (C=O) groups is 1. The summed E-state index contributed by atoms with van der Waals surface area (Å²) in [6.07, 6.45) is 1.62. The minimum absolute atomic E-state index is 0.339. The van der Waals surface area contributed by atoms with Gasteiger partial charge in [0.05, 0.1) is 17.9 Å². The van der Waals surface area contributed by atoms with E-state index in [1.54, 1.807) is 37.4 Å². The van der Waals surface area contributed by atoms with Crippen molar-refractivity contribution in [1.29, 1.82) is 5.26 Å². The van der Waals surface area contributed by atoms with E-state index in [0.717, 1.165) is 16.9 Å². The molecule has 0 atom stereocenters. The van der Waals surface area contributed by atoms with Crippen LogP contribution in [0.1, 0.15) is 22.3 Å². The molecule has 134 valence electrons. The molecule has 0 saturated heterocycles. The fourth-order valence-corrected chi connectivity index (χ4v) is 3.15. The number of ether oxygens (including phenoxy) is 1. The predicted octanol–water partition coefficient (Wildman–Crippen LogP) is 4.96. The zero-order valence-electron chi connectivity index (χ0n) is 14.7. The van der Waals surface area contributed by atoms with E-state index in [-0.39, 0.29) is 5.97 Å². The SMILES string of the molecule is CCOC(=O)c1ccc(N/C=C(/C#N)c2nc(-c3ccccc3)cs2)cc1. The first-order valence-corrected chi connectivity index (χ1v) is 9.24. The molecule has 1 N–H and O–H groups in total. The van der Waals surface area contributed by atoms with Crippen LogP contribution in [-0.4, -0.2) is 17.6 Å². The number of aromatic nitrogens is 1. The highest BCUT2D eigenvalue weighted by atomic mass is 32.1. The number of nitrogens with zero attached hydrogens (tertiary/aromatic N) is 2. The summed E-state index contributed by atoms with van der Waals surface area (Å²) in [6, 6.07) is 18.9. The normalized spacial score (nSPS) is 10.9. The summed E-state index contributed by atoms with van der Waals surface area (Å²) in [5.74, 6) is -0.353. The van der Waals surface area contributed by atoms with Crippen molar-refractivity contribution in [2.45, 2.75) is 6.92 Å². The topological polar surface area (TPSA) is 75.0 Å². The Kier molecular flexibility index (Phi) is 5.98. The van der Waals surface area contributed by atoms with Crippen LogP contribution in [0.4, 0.5) is 5.69 Å². The van der Waals surface area contributed by atoms with Crippen LogP contribution in [0.25, 0.3) is 16.8 Å². The van der Waals surface area contributed by atoms with Gasteiger partial charge < -0.3 is 10.1 Å². The number of esters is 1. The predicted molar refractivity (Wildman–Crippen MR) is 107 cm³/mol. The van der Waals surface area contributed by atoms with Crippen LogP contribution >= 0.6 is 11.3 Å². The molecule has 0 aliphatic rings. The third kappa shape index (κ3) is 4.60. The number of benzene rings is 2. The maximum absolute atomic E-state index is 11.7. The Hall–Kier alpha value is -3.43. The fourth-order valence-electron chi connectivity index (χ4n) is 2.35. The minimum Gasteiger partial charge on any atom is -0.462 e. The molecule has 0 spiro atoms. The van der Waals surface area contributed by atoms with Gasteiger partial charge in [0.15, 0.2) is 0 Å². The maximum atomic E-state index is 11.7. The van der Waals surface area contributed by atoms with Crippen molar-refractivity contribution in [3.05, 3.63) is 76.7 Å². The Morgan fingerprint density at radius 1 is 1.22 bits per heavy atom. The molecule has 0 aliphatic carbocycles. The lowest BCUT2D eigenvalue weighted by atomic mass is 10.2. The number of carbonyl (C=O) groups excluding carboxylic acids is 1. The minimum atomic E-state index is -0.353. The van der Waals surface area contributed by atoms with Crippen molar-refractivity contribution < 1.29 is 9.53 Å². The molecule has 6 heteroatoms. The molecule has 27 heavy (non-hydrogen) atoms. The number of hydrogen-bond donors (Lipinski definition) is 1. The highest BCUT2D eigenvalue weighted by Gasteiger charge is 2.09. The quantitative estimate of drug-likeness (QED) is 0.487. The average Bonchev–Trinajstić information content (AvgIpc) is 3.20. The van der Waals surface area contributed by atoms with Crippen LogP contribution in [0.3, 0.4) is 0 Å². The fraction of sp³-hybridized carbons (Fsp3) is 0.0952. The van der Waals surface area contributed by atoms with E-state index in [0.29, 0.717) is 22.8 Å². The average molecular weight is 375 g/mol. The molecule has 0 fully saturated rings. The van der Waals surface area contributed by atoms with E-state index >= 15 is 0 Å². The first-order valence-electron chi connectivity index (χ1n) is 8.36. The number of nitrogens with one attached hydrogen (secondary N) is 1. The summed E-state index contributed by atoms with van der Waals surface area (Å²) in [6.45, 7) is 2.11. The number of allylic oxidation sites excluding steroid dienone is 1. The molecule has 0 aliphatic heterocycles. The van der Waals surface area contributed by atoms with Gasteiger partial charge in [-0.1, -0.05) is 30.3 Å². The molecular formula is C21H17N3O2S. The molecule has 0 unspecified atom stereocenters. The summed E-state index contributed by atoms with van der Waals surface area (Å²) in [4.78, 5) is 16.2. The van der Waals surface area contributed by atoms with Crippen LogP contribution in [0.15, 0.2) is 66.2 Å². The lowest BCUT2D eigenvalue weighted by molar-refractivity contribution is 0.0526. The lowest BCUT2D eigenvalue weighted by Crippen LogP contribution is -2.04. The number of rotatable bonds is 6. The molecule has 0 bridgehead atoms. The van der Waals surface area contributed by atoms with Gasteiger partial charge >= 0.3 is 5.97 Å². The molecule has 0 amide bonds. The van der Waals surface area contributed by atoms with Crippen LogP contribution in [-0.2, 0) is 4.74 Å². The van der Waals surface area contributed by atoms with Gasteiger partial charge in [0, 0.05) is 22.8 Å². The summed E-state index contributed by atoms with van der Waals surface area (Å²) in [5.41, 5.74) is 3.54. The summed E-state index contributed by atoms with van der Waals surface area (Å²) in [7, 11) is 0.